The number of halogens is 6. The highest BCUT2D eigenvalue weighted by Crippen LogP contribution is 2.43. The van der Waals surface area contributed by atoms with Crippen molar-refractivity contribution in [2.75, 3.05) is 6.61 Å². The smallest absolute Gasteiger partial charge is 0.423 e. The van der Waals surface area contributed by atoms with Crippen molar-refractivity contribution in [3.63, 3.8) is 0 Å². The van der Waals surface area contributed by atoms with Crippen LogP contribution in [0.5, 0.6) is 5.75 Å². The fourth-order valence-electron chi connectivity index (χ4n) is 3.64. The van der Waals surface area contributed by atoms with Crippen LogP contribution in [0.1, 0.15) is 29.0 Å². The summed E-state index contributed by atoms with van der Waals surface area (Å²) in [5, 5.41) is 22.0. The van der Waals surface area contributed by atoms with Crippen molar-refractivity contribution in [2.45, 2.75) is 36.8 Å². The average molecular weight is 459 g/mol. The standard InChI is InChI=1S/C20H15F6N3O3/c21-19(22,23)16-7-12(3-6-17(16)29(30)31)15-8-13(28-18(15)20(24,25)26)10-32-14-4-1-11(9-27)2-5-14/h1-7,13,15,18,28H,8,10H2. The number of nitro groups is 1. The van der Waals surface area contributed by atoms with E-state index in [1.807, 2.05) is 6.07 Å². The molecule has 0 bridgehead atoms. The number of hydrogen-bond acceptors (Lipinski definition) is 5. The number of nitrogens with zero attached hydrogens (tertiary/aromatic N) is 2. The molecule has 3 rings (SSSR count). The van der Waals surface area contributed by atoms with Gasteiger partial charge in [-0.1, -0.05) is 6.07 Å². The van der Waals surface area contributed by atoms with Gasteiger partial charge in [-0.3, -0.25) is 15.4 Å². The number of benzene rings is 2. The van der Waals surface area contributed by atoms with Crippen molar-refractivity contribution in [1.29, 1.82) is 5.26 Å². The predicted octanol–water partition coefficient (Wildman–Crippen LogP) is 4.94. The Morgan fingerprint density at radius 3 is 2.31 bits per heavy atom. The monoisotopic (exact) mass is 459 g/mol. The fraction of sp³-hybridized carbons (Fsp3) is 0.350. The Labute approximate surface area is 177 Å². The van der Waals surface area contributed by atoms with E-state index >= 15 is 0 Å². The Bertz CT molecular complexity index is 1030. The van der Waals surface area contributed by atoms with Gasteiger partial charge in [0.25, 0.3) is 5.69 Å². The summed E-state index contributed by atoms with van der Waals surface area (Å²) in [4.78, 5) is 9.69. The zero-order valence-electron chi connectivity index (χ0n) is 16.1. The van der Waals surface area contributed by atoms with E-state index in [2.05, 4.69) is 5.32 Å². The van der Waals surface area contributed by atoms with E-state index in [1.54, 1.807) is 0 Å². The lowest BCUT2D eigenvalue weighted by Gasteiger charge is -2.23. The maximum absolute atomic E-state index is 13.6. The summed E-state index contributed by atoms with van der Waals surface area (Å²) in [6.45, 7) is -0.200. The topological polar surface area (TPSA) is 88.2 Å². The van der Waals surface area contributed by atoms with E-state index in [0.29, 0.717) is 23.4 Å². The van der Waals surface area contributed by atoms with Gasteiger partial charge in [-0.15, -0.1) is 0 Å². The highest BCUT2D eigenvalue weighted by atomic mass is 19.4. The summed E-state index contributed by atoms with van der Waals surface area (Å²) in [5.74, 6) is -1.08. The maximum atomic E-state index is 13.6. The Balaban J connectivity index is 1.84. The molecule has 3 unspecified atom stereocenters. The second-order valence-corrected chi connectivity index (χ2v) is 7.20. The number of nitriles is 1. The minimum atomic E-state index is -5.10. The molecule has 32 heavy (non-hydrogen) atoms. The van der Waals surface area contributed by atoms with Gasteiger partial charge in [0.2, 0.25) is 0 Å². The van der Waals surface area contributed by atoms with Crippen LogP contribution in [0.3, 0.4) is 0 Å². The number of nitrogens with one attached hydrogen (secondary N) is 1. The third-order valence-corrected chi connectivity index (χ3v) is 5.09. The number of hydrogen-bond donors (Lipinski definition) is 1. The lowest BCUT2D eigenvalue weighted by atomic mass is 9.89. The zero-order chi connectivity index (χ0) is 23.7. The molecule has 0 aromatic heterocycles. The van der Waals surface area contributed by atoms with Crippen molar-refractivity contribution >= 4 is 5.69 Å². The molecule has 6 nitrogen and oxygen atoms in total. The SMILES string of the molecule is N#Cc1ccc(OCC2CC(c3ccc([N+](=O)[O-])c(C(F)(F)F)c3)C(C(F)(F)F)N2)cc1. The summed E-state index contributed by atoms with van der Waals surface area (Å²) in [6.07, 6.45) is -10.1. The first-order valence-electron chi connectivity index (χ1n) is 9.21. The molecule has 170 valence electrons. The molecule has 2 aromatic rings. The molecule has 0 radical (unpaired) electrons. The van der Waals surface area contributed by atoms with Gasteiger partial charge in [0.1, 0.15) is 24.0 Å². The Hall–Kier alpha value is -3.33. The highest BCUT2D eigenvalue weighted by Gasteiger charge is 2.51. The van der Waals surface area contributed by atoms with Gasteiger partial charge < -0.3 is 4.74 Å². The summed E-state index contributed by atoms with van der Waals surface area (Å²) in [7, 11) is 0. The van der Waals surface area contributed by atoms with Crippen LogP contribution >= 0.6 is 0 Å². The van der Waals surface area contributed by atoms with Gasteiger partial charge in [-0.05, 0) is 42.3 Å². The molecule has 0 amide bonds. The molecule has 1 heterocycles. The van der Waals surface area contributed by atoms with Crippen molar-refractivity contribution in [3.8, 4) is 11.8 Å². The Kier molecular flexibility index (Phi) is 6.32. The minimum absolute atomic E-state index is 0.199. The van der Waals surface area contributed by atoms with Gasteiger partial charge in [0.15, 0.2) is 0 Å². The normalized spacial score (nSPS) is 21.2. The fourth-order valence-corrected chi connectivity index (χ4v) is 3.64. The molecular weight excluding hydrogens is 444 g/mol. The van der Waals surface area contributed by atoms with Crippen LogP contribution in [0.25, 0.3) is 0 Å². The first kappa shape index (κ1) is 23.3. The molecule has 1 aliphatic heterocycles. The van der Waals surface area contributed by atoms with Crippen molar-refractivity contribution in [3.05, 3.63) is 69.3 Å². The van der Waals surface area contributed by atoms with E-state index < -0.39 is 46.5 Å². The second kappa shape index (κ2) is 8.66. The van der Waals surface area contributed by atoms with Crippen LogP contribution in [0, 0.1) is 21.4 Å². The molecule has 0 aliphatic carbocycles. The third kappa shape index (κ3) is 5.11. The molecule has 1 saturated heterocycles. The van der Waals surface area contributed by atoms with Gasteiger partial charge in [0, 0.05) is 18.0 Å². The highest BCUT2D eigenvalue weighted by molar-refractivity contribution is 5.46. The molecule has 0 saturated carbocycles. The van der Waals surface area contributed by atoms with Gasteiger partial charge in [0.05, 0.1) is 16.6 Å². The van der Waals surface area contributed by atoms with E-state index in [1.165, 1.54) is 24.3 Å². The van der Waals surface area contributed by atoms with Crippen LogP contribution in [0.2, 0.25) is 0 Å². The van der Waals surface area contributed by atoms with Gasteiger partial charge in [-0.2, -0.15) is 31.6 Å². The van der Waals surface area contributed by atoms with E-state index in [9.17, 15) is 36.5 Å². The molecule has 2 aromatic carbocycles. The first-order valence-corrected chi connectivity index (χ1v) is 9.21. The van der Waals surface area contributed by atoms with Gasteiger partial charge in [-0.25, -0.2) is 0 Å². The quantitative estimate of drug-likeness (QED) is 0.389. The van der Waals surface area contributed by atoms with Crippen molar-refractivity contribution in [2.24, 2.45) is 0 Å². The molecular formula is C20H15F6N3O3. The van der Waals surface area contributed by atoms with Crippen LogP contribution in [0.4, 0.5) is 32.0 Å². The number of ether oxygens (including phenoxy) is 1. The van der Waals surface area contributed by atoms with E-state index in [-0.39, 0.29) is 18.6 Å². The Morgan fingerprint density at radius 1 is 1.12 bits per heavy atom. The summed E-state index contributed by atoms with van der Waals surface area (Å²) in [6, 6.07) is 6.69. The lowest BCUT2D eigenvalue weighted by Crippen LogP contribution is -2.44. The van der Waals surface area contributed by atoms with E-state index in [4.69, 9.17) is 10.00 Å². The van der Waals surface area contributed by atoms with Crippen molar-refractivity contribution in [1.82, 2.24) is 5.32 Å². The third-order valence-electron chi connectivity index (χ3n) is 5.09. The van der Waals surface area contributed by atoms with E-state index in [0.717, 1.165) is 6.07 Å². The molecule has 0 spiro atoms. The van der Waals surface area contributed by atoms with Crippen LogP contribution in [0.15, 0.2) is 42.5 Å². The Morgan fingerprint density at radius 2 is 1.78 bits per heavy atom. The molecule has 1 N–H and O–H groups in total. The first-order chi connectivity index (χ1) is 14.9. The maximum Gasteiger partial charge on any atom is 0.423 e. The number of nitro benzene ring substituents is 1. The minimum Gasteiger partial charge on any atom is -0.492 e. The number of alkyl halides is 6. The zero-order valence-corrected chi connectivity index (χ0v) is 16.1. The van der Waals surface area contributed by atoms with Crippen LogP contribution in [-0.4, -0.2) is 29.8 Å². The molecule has 1 aliphatic rings. The van der Waals surface area contributed by atoms with Gasteiger partial charge >= 0.3 is 12.4 Å². The summed E-state index contributed by atoms with van der Waals surface area (Å²) in [5.41, 5.74) is -2.76. The number of rotatable bonds is 5. The summed E-state index contributed by atoms with van der Waals surface area (Å²) >= 11 is 0. The second-order valence-electron chi connectivity index (χ2n) is 7.20. The molecule has 12 heteroatoms. The van der Waals surface area contributed by atoms with Crippen LogP contribution in [-0.2, 0) is 6.18 Å². The summed E-state index contributed by atoms with van der Waals surface area (Å²) < 4.78 is 86.0. The largest absolute Gasteiger partial charge is 0.492 e. The lowest BCUT2D eigenvalue weighted by molar-refractivity contribution is -0.388. The molecule has 3 atom stereocenters. The predicted molar refractivity (Wildman–Crippen MR) is 98.9 cm³/mol. The molecule has 1 fully saturated rings. The van der Waals surface area contributed by atoms with Crippen LogP contribution < -0.4 is 10.1 Å². The average Bonchev–Trinajstić information content (AvgIpc) is 3.16. The van der Waals surface area contributed by atoms with Crippen molar-refractivity contribution < 1.29 is 36.0 Å².